The fourth-order valence-electron chi connectivity index (χ4n) is 1.48. The number of anilines is 1. The molecule has 0 radical (unpaired) electrons. The number of rotatable bonds is 1. The number of Topliss-reactive ketones (excluding diaryl/α,β-unsaturated/α-hetero) is 1. The fraction of sp³-hybridized carbons (Fsp3) is 0.0714. The summed E-state index contributed by atoms with van der Waals surface area (Å²) >= 11 is 0. The van der Waals surface area contributed by atoms with Crippen molar-refractivity contribution in [2.75, 3.05) is 5.73 Å². The van der Waals surface area contributed by atoms with Crippen molar-refractivity contribution < 1.29 is 9.90 Å². The Morgan fingerprint density at radius 1 is 1.41 bits per heavy atom. The van der Waals surface area contributed by atoms with Crippen LogP contribution in [0.3, 0.4) is 0 Å². The minimum absolute atomic E-state index is 0.136. The zero-order valence-corrected chi connectivity index (χ0v) is 9.10. The molecule has 3 heteroatoms. The highest BCUT2D eigenvalue weighted by Gasteiger charge is 2.08. The van der Waals surface area contributed by atoms with Gasteiger partial charge in [0.15, 0.2) is 0 Å². The van der Waals surface area contributed by atoms with Crippen LogP contribution in [0.4, 0.5) is 5.69 Å². The number of nitrogen functional groups attached to an aromatic ring is 1. The smallest absolute Gasteiger partial charge is 0.239 e. The number of carbonyl (C=O) groups excluding carboxylic acids is 1. The second kappa shape index (κ2) is 4.58. The van der Waals surface area contributed by atoms with Gasteiger partial charge < -0.3 is 10.8 Å². The van der Waals surface area contributed by atoms with Gasteiger partial charge in [0, 0.05) is 17.3 Å². The summed E-state index contributed by atoms with van der Waals surface area (Å²) in [6, 6.07) is 4.37. The van der Waals surface area contributed by atoms with Crippen LogP contribution in [-0.4, -0.2) is 10.9 Å². The van der Waals surface area contributed by atoms with E-state index in [1.54, 1.807) is 6.07 Å². The van der Waals surface area contributed by atoms with E-state index in [4.69, 9.17) is 5.73 Å². The summed E-state index contributed by atoms with van der Waals surface area (Å²) in [6.45, 7) is 0. The number of phenols is 1. The number of aromatic hydroxyl groups is 1. The Bertz CT molecular complexity index is 586. The molecule has 0 fully saturated rings. The molecule has 1 aromatic carbocycles. The van der Waals surface area contributed by atoms with Crippen LogP contribution in [0.1, 0.15) is 16.8 Å². The first-order valence-electron chi connectivity index (χ1n) is 5.17. The van der Waals surface area contributed by atoms with Gasteiger partial charge in [-0.15, -0.1) is 0 Å². The van der Waals surface area contributed by atoms with Crippen LogP contribution in [0.2, 0.25) is 0 Å². The van der Waals surface area contributed by atoms with Crippen molar-refractivity contribution in [2.45, 2.75) is 6.42 Å². The zero-order chi connectivity index (χ0) is 12.3. The Hall–Kier alpha value is -2.47. The molecule has 0 aromatic heterocycles. The first kappa shape index (κ1) is 11.0. The number of ketones is 1. The Morgan fingerprint density at radius 2 is 2.24 bits per heavy atom. The number of phenolic OH excluding ortho intramolecular Hbond substituents is 1. The van der Waals surface area contributed by atoms with E-state index in [1.807, 2.05) is 18.2 Å². The van der Waals surface area contributed by atoms with Crippen molar-refractivity contribution in [3.8, 4) is 17.6 Å². The summed E-state index contributed by atoms with van der Waals surface area (Å²) in [7, 11) is 0. The molecule has 1 aliphatic rings. The number of hydrogen-bond acceptors (Lipinski definition) is 3. The largest absolute Gasteiger partial charge is 0.507 e. The molecule has 0 spiro atoms. The molecular formula is C14H11NO2. The fourth-order valence-corrected chi connectivity index (χ4v) is 1.48. The van der Waals surface area contributed by atoms with Gasteiger partial charge in [0.2, 0.25) is 5.78 Å². The van der Waals surface area contributed by atoms with Crippen LogP contribution in [-0.2, 0) is 0 Å². The Kier molecular flexibility index (Phi) is 2.97. The monoisotopic (exact) mass is 225 g/mol. The molecule has 0 aliphatic heterocycles. The number of nitrogens with two attached hydrogens (primary N) is 1. The van der Waals surface area contributed by atoms with E-state index in [1.165, 1.54) is 12.1 Å². The van der Waals surface area contributed by atoms with Crippen LogP contribution in [0.5, 0.6) is 5.75 Å². The molecule has 0 saturated heterocycles. The lowest BCUT2D eigenvalue weighted by Gasteiger charge is -1.99. The molecule has 0 saturated carbocycles. The molecule has 0 atom stereocenters. The van der Waals surface area contributed by atoms with Crippen LogP contribution in [0, 0.1) is 11.8 Å². The number of hydrogen-bond donors (Lipinski definition) is 2. The van der Waals surface area contributed by atoms with E-state index in [2.05, 4.69) is 11.8 Å². The molecule has 3 nitrogen and oxygen atoms in total. The second-order valence-electron chi connectivity index (χ2n) is 3.68. The molecule has 0 heterocycles. The maximum absolute atomic E-state index is 11.7. The number of carbonyl (C=O) groups is 1. The van der Waals surface area contributed by atoms with E-state index in [0.29, 0.717) is 5.69 Å². The maximum Gasteiger partial charge on any atom is 0.239 e. The van der Waals surface area contributed by atoms with Crippen molar-refractivity contribution >= 4 is 11.5 Å². The minimum Gasteiger partial charge on any atom is -0.507 e. The van der Waals surface area contributed by atoms with Crippen LogP contribution in [0.25, 0.3) is 0 Å². The van der Waals surface area contributed by atoms with Gasteiger partial charge in [0.05, 0.1) is 5.56 Å². The predicted molar refractivity (Wildman–Crippen MR) is 66.5 cm³/mol. The van der Waals surface area contributed by atoms with E-state index in [9.17, 15) is 9.90 Å². The first-order chi connectivity index (χ1) is 8.16. The summed E-state index contributed by atoms with van der Waals surface area (Å²) in [6.07, 6.45) is 6.49. The van der Waals surface area contributed by atoms with E-state index < -0.39 is 5.78 Å². The third kappa shape index (κ3) is 2.56. The average Bonchev–Trinajstić information content (AvgIpc) is 2.78. The minimum atomic E-state index is -0.407. The van der Waals surface area contributed by atoms with E-state index >= 15 is 0 Å². The van der Waals surface area contributed by atoms with Crippen molar-refractivity contribution in [3.63, 3.8) is 0 Å². The average molecular weight is 225 g/mol. The first-order valence-corrected chi connectivity index (χ1v) is 5.17. The van der Waals surface area contributed by atoms with Crippen LogP contribution < -0.4 is 5.73 Å². The third-order valence-electron chi connectivity index (χ3n) is 2.37. The molecule has 2 rings (SSSR count). The van der Waals surface area contributed by atoms with Gasteiger partial charge in [-0.3, -0.25) is 4.79 Å². The summed E-state index contributed by atoms with van der Waals surface area (Å²) in [5.74, 6) is 4.74. The van der Waals surface area contributed by atoms with Gasteiger partial charge in [-0.05, 0) is 24.5 Å². The Balaban J connectivity index is 2.20. The quantitative estimate of drug-likeness (QED) is 0.333. The normalized spacial score (nSPS) is 12.8. The highest BCUT2D eigenvalue weighted by molar-refractivity contribution is 6.11. The number of benzene rings is 1. The highest BCUT2D eigenvalue weighted by Crippen LogP contribution is 2.20. The molecule has 17 heavy (non-hydrogen) atoms. The van der Waals surface area contributed by atoms with Crippen LogP contribution >= 0.6 is 0 Å². The zero-order valence-electron chi connectivity index (χ0n) is 9.10. The molecule has 1 aliphatic carbocycles. The van der Waals surface area contributed by atoms with Crippen molar-refractivity contribution in [2.24, 2.45) is 0 Å². The highest BCUT2D eigenvalue weighted by atomic mass is 16.3. The van der Waals surface area contributed by atoms with Gasteiger partial charge in [-0.25, -0.2) is 0 Å². The Morgan fingerprint density at radius 3 is 2.88 bits per heavy atom. The van der Waals surface area contributed by atoms with Gasteiger partial charge in [0.25, 0.3) is 0 Å². The lowest BCUT2D eigenvalue weighted by Crippen LogP contribution is -1.97. The summed E-state index contributed by atoms with van der Waals surface area (Å²) in [5, 5.41) is 9.56. The van der Waals surface area contributed by atoms with E-state index in [-0.39, 0.29) is 11.3 Å². The molecule has 1 aromatic rings. The third-order valence-corrected chi connectivity index (χ3v) is 2.37. The van der Waals surface area contributed by atoms with E-state index in [0.717, 1.165) is 12.0 Å². The standard InChI is InChI=1S/C14H11NO2/c15-11-6-7-12(14(17)9-11)13(16)8-5-10-3-1-2-4-10/h1-3,6-7,9,17H,4,15H2. The maximum atomic E-state index is 11.7. The summed E-state index contributed by atoms with van der Waals surface area (Å²) in [4.78, 5) is 11.7. The lowest BCUT2D eigenvalue weighted by molar-refractivity contribution is 0.105. The molecule has 0 unspecified atom stereocenters. The molecule has 0 bridgehead atoms. The predicted octanol–water partition coefficient (Wildman–Crippen LogP) is 2.05. The number of allylic oxidation sites excluding steroid dienone is 4. The van der Waals surface area contributed by atoms with Gasteiger partial charge in [-0.1, -0.05) is 24.1 Å². The molecular weight excluding hydrogens is 214 g/mol. The van der Waals surface area contributed by atoms with Gasteiger partial charge in [0.1, 0.15) is 5.75 Å². The molecule has 0 amide bonds. The summed E-state index contributed by atoms with van der Waals surface area (Å²) in [5.41, 5.74) is 6.96. The van der Waals surface area contributed by atoms with Crippen LogP contribution in [0.15, 0.2) is 42.0 Å². The SMILES string of the molecule is Nc1ccc(C(=O)C#CC2=CC=CC2)c(O)c1. The van der Waals surface area contributed by atoms with Crippen molar-refractivity contribution in [3.05, 3.63) is 47.6 Å². The van der Waals surface area contributed by atoms with Crippen molar-refractivity contribution in [1.29, 1.82) is 0 Å². The van der Waals surface area contributed by atoms with Gasteiger partial charge >= 0.3 is 0 Å². The molecule has 84 valence electrons. The second-order valence-corrected chi connectivity index (χ2v) is 3.68. The lowest BCUT2D eigenvalue weighted by atomic mass is 10.1. The molecule has 3 N–H and O–H groups in total. The van der Waals surface area contributed by atoms with Gasteiger partial charge in [-0.2, -0.15) is 0 Å². The topological polar surface area (TPSA) is 63.3 Å². The summed E-state index contributed by atoms with van der Waals surface area (Å²) < 4.78 is 0. The Labute approximate surface area is 99.3 Å². The van der Waals surface area contributed by atoms with Crippen molar-refractivity contribution in [1.82, 2.24) is 0 Å².